The average Bonchev–Trinajstić information content (AvgIpc) is 2.93. The van der Waals surface area contributed by atoms with Gasteiger partial charge in [0.1, 0.15) is 0 Å². The van der Waals surface area contributed by atoms with E-state index in [1.54, 1.807) is 0 Å². The third-order valence-corrected chi connectivity index (χ3v) is 9.68. The van der Waals surface area contributed by atoms with Gasteiger partial charge in [-0.25, -0.2) is 0 Å². The summed E-state index contributed by atoms with van der Waals surface area (Å²) in [6, 6.07) is 6.61. The quantitative estimate of drug-likeness (QED) is 0.509. The van der Waals surface area contributed by atoms with Crippen LogP contribution in [-0.2, 0) is 18.9 Å². The van der Waals surface area contributed by atoms with E-state index in [2.05, 4.69) is 28.0 Å². The van der Waals surface area contributed by atoms with Crippen molar-refractivity contribution in [3.05, 3.63) is 18.2 Å². The van der Waals surface area contributed by atoms with E-state index in [9.17, 15) is 0 Å². The lowest BCUT2D eigenvalue weighted by Gasteiger charge is -2.30. The maximum atomic E-state index is 6.57. The highest BCUT2D eigenvalue weighted by Gasteiger charge is 2.15. The van der Waals surface area contributed by atoms with Crippen LogP contribution in [0.2, 0.25) is 0 Å². The van der Waals surface area contributed by atoms with Crippen LogP contribution in [0.5, 0.6) is 0 Å². The zero-order valence-electron chi connectivity index (χ0n) is 22.1. The summed E-state index contributed by atoms with van der Waals surface area (Å²) in [6.07, 6.45) is 0. The van der Waals surface area contributed by atoms with Crippen LogP contribution in [0.25, 0.3) is 0 Å². The highest BCUT2D eigenvalue weighted by molar-refractivity contribution is 7.99. The molecule has 1 aromatic carbocycles. The Morgan fingerprint density at radius 2 is 0.919 bits per heavy atom. The maximum absolute atomic E-state index is 6.57. The smallest absolute Gasteiger partial charge is 0.0700 e. The molecule has 2 N–H and O–H groups in total. The summed E-state index contributed by atoms with van der Waals surface area (Å²) in [7, 11) is 0. The number of thioether (sulfide) groups is 4. The molecule has 0 unspecified atom stereocenters. The summed E-state index contributed by atoms with van der Waals surface area (Å²) in [5.74, 6) is 8.37. The maximum Gasteiger partial charge on any atom is 0.0700 e. The Morgan fingerprint density at radius 3 is 1.35 bits per heavy atom. The first-order valence-corrected chi connectivity index (χ1v) is 18.0. The van der Waals surface area contributed by atoms with Crippen LogP contribution in [0, 0.1) is 0 Å². The normalized spacial score (nSPS) is 22.3. The van der Waals surface area contributed by atoms with Crippen LogP contribution in [0.1, 0.15) is 0 Å². The lowest BCUT2D eigenvalue weighted by Crippen LogP contribution is -2.31. The van der Waals surface area contributed by atoms with E-state index in [0.29, 0.717) is 26.4 Å². The summed E-state index contributed by atoms with van der Waals surface area (Å²) in [6.45, 7) is 9.94. The van der Waals surface area contributed by atoms with Crippen molar-refractivity contribution < 1.29 is 18.9 Å². The molecule has 1 aromatic rings. The van der Waals surface area contributed by atoms with Gasteiger partial charge < -0.3 is 34.5 Å². The summed E-state index contributed by atoms with van der Waals surface area (Å²) in [5.41, 5.74) is 9.85. The molecule has 2 fully saturated rings. The van der Waals surface area contributed by atoms with Crippen molar-refractivity contribution in [3.63, 3.8) is 0 Å². The van der Waals surface area contributed by atoms with Crippen molar-refractivity contribution in [2.45, 2.75) is 0 Å². The van der Waals surface area contributed by atoms with Crippen molar-refractivity contribution >= 4 is 64.1 Å². The molecule has 7 nitrogen and oxygen atoms in total. The number of rotatable bonds is 2. The Hall–Kier alpha value is -0.140. The summed E-state index contributed by atoms with van der Waals surface area (Å²) in [4.78, 5) is 5.00. The van der Waals surface area contributed by atoms with Gasteiger partial charge in [-0.2, -0.15) is 47.0 Å². The molecular weight excluding hydrogens is 547 g/mol. The molecule has 0 amide bonds. The van der Waals surface area contributed by atoms with Crippen LogP contribution in [-0.4, -0.2) is 125 Å². The van der Waals surface area contributed by atoms with E-state index in [1.165, 1.54) is 5.69 Å². The number of nitrogens with two attached hydrogens (primary N) is 1. The Morgan fingerprint density at radius 1 is 0.514 bits per heavy atom. The van der Waals surface area contributed by atoms with E-state index < -0.39 is 0 Å². The highest BCUT2D eigenvalue weighted by Crippen LogP contribution is 2.30. The molecule has 2 heterocycles. The molecule has 0 bridgehead atoms. The summed E-state index contributed by atoms with van der Waals surface area (Å²) in [5, 5.41) is 0. The fraction of sp³-hybridized carbons (Fsp3) is 0.769. The molecule has 37 heavy (non-hydrogen) atoms. The first-order chi connectivity index (χ1) is 18.3. The van der Waals surface area contributed by atoms with Gasteiger partial charge in [-0.05, 0) is 18.2 Å². The van der Waals surface area contributed by atoms with Gasteiger partial charge in [0, 0.05) is 77.9 Å². The first kappa shape index (κ1) is 31.4. The van der Waals surface area contributed by atoms with Gasteiger partial charge in [-0.3, -0.25) is 0 Å². The summed E-state index contributed by atoms with van der Waals surface area (Å²) < 4.78 is 22.7. The SMILES string of the molecule is Nc1ccc(N2CCSCCOCCOCCSCC2)cc1N1CCSCCOCCOCCSCC1. The fourth-order valence-electron chi connectivity index (χ4n) is 3.95. The minimum Gasteiger partial charge on any atom is -0.397 e. The van der Waals surface area contributed by atoms with Crippen molar-refractivity contribution in [3.8, 4) is 0 Å². The number of hydrogen-bond donors (Lipinski definition) is 1. The second kappa shape index (κ2) is 20.7. The van der Waals surface area contributed by atoms with E-state index in [0.717, 1.165) is 110 Å². The zero-order valence-corrected chi connectivity index (χ0v) is 25.4. The molecule has 0 saturated carbocycles. The van der Waals surface area contributed by atoms with Gasteiger partial charge in [0.2, 0.25) is 0 Å². The Bertz CT molecular complexity index is 690. The topological polar surface area (TPSA) is 69.4 Å². The minimum atomic E-state index is 0.690. The molecule has 0 radical (unpaired) electrons. The zero-order chi connectivity index (χ0) is 25.8. The summed E-state index contributed by atoms with van der Waals surface area (Å²) >= 11 is 7.82. The van der Waals surface area contributed by atoms with Gasteiger partial charge >= 0.3 is 0 Å². The van der Waals surface area contributed by atoms with Crippen LogP contribution >= 0.6 is 47.0 Å². The number of benzene rings is 1. The Kier molecular flexibility index (Phi) is 17.6. The van der Waals surface area contributed by atoms with E-state index >= 15 is 0 Å². The molecule has 2 aliphatic heterocycles. The predicted octanol–water partition coefficient (Wildman–Crippen LogP) is 3.91. The Balaban J connectivity index is 1.65. The second-order valence-electron chi connectivity index (χ2n) is 8.62. The van der Waals surface area contributed by atoms with Crippen LogP contribution < -0.4 is 15.5 Å². The predicted molar refractivity (Wildman–Crippen MR) is 168 cm³/mol. The molecule has 0 atom stereocenters. The van der Waals surface area contributed by atoms with Crippen LogP contribution in [0.4, 0.5) is 17.1 Å². The number of hydrogen-bond acceptors (Lipinski definition) is 11. The van der Waals surface area contributed by atoms with Gasteiger partial charge in [-0.15, -0.1) is 0 Å². The molecule has 0 spiro atoms. The third kappa shape index (κ3) is 13.7. The van der Waals surface area contributed by atoms with Crippen molar-refractivity contribution in [1.82, 2.24) is 0 Å². The molecule has 3 rings (SSSR count). The molecule has 212 valence electrons. The molecular formula is C26H45N3O4S4. The Labute approximate surface area is 241 Å². The van der Waals surface area contributed by atoms with Crippen molar-refractivity contribution in [2.24, 2.45) is 0 Å². The van der Waals surface area contributed by atoms with Gasteiger partial charge in [-0.1, -0.05) is 0 Å². The fourth-order valence-corrected chi connectivity index (χ4v) is 7.11. The standard InChI is InChI=1S/C26H45N3O4S4/c27-25-2-1-24(28-3-15-34-19-11-30-7-8-31-12-20-35-16-4-28)23-26(25)29-5-17-36-21-13-32-9-10-33-14-22-37-18-6-29/h1-2,23H,3-22,27H2. The molecule has 2 aliphatic rings. The number of nitrogens with zero attached hydrogens (tertiary/aromatic N) is 2. The third-order valence-electron chi connectivity index (χ3n) is 5.97. The largest absolute Gasteiger partial charge is 0.397 e. The van der Waals surface area contributed by atoms with E-state index in [4.69, 9.17) is 24.7 Å². The van der Waals surface area contributed by atoms with Gasteiger partial charge in [0.15, 0.2) is 0 Å². The monoisotopic (exact) mass is 591 g/mol. The van der Waals surface area contributed by atoms with Gasteiger partial charge in [0.25, 0.3) is 0 Å². The lowest BCUT2D eigenvalue weighted by molar-refractivity contribution is 0.0605. The van der Waals surface area contributed by atoms with Crippen molar-refractivity contribution in [2.75, 3.05) is 141 Å². The van der Waals surface area contributed by atoms with E-state index in [1.807, 2.05) is 47.0 Å². The second-order valence-corrected chi connectivity index (χ2v) is 13.5. The first-order valence-electron chi connectivity index (χ1n) is 13.4. The van der Waals surface area contributed by atoms with Gasteiger partial charge in [0.05, 0.1) is 64.2 Å². The molecule has 0 aliphatic carbocycles. The van der Waals surface area contributed by atoms with Crippen LogP contribution in [0.15, 0.2) is 18.2 Å². The molecule has 2 saturated heterocycles. The molecule has 0 aromatic heterocycles. The van der Waals surface area contributed by atoms with Crippen LogP contribution in [0.3, 0.4) is 0 Å². The molecule has 11 heteroatoms. The average molecular weight is 592 g/mol. The van der Waals surface area contributed by atoms with Crippen molar-refractivity contribution in [1.29, 1.82) is 0 Å². The number of nitrogen functional groups attached to an aromatic ring is 1. The lowest BCUT2D eigenvalue weighted by atomic mass is 10.2. The number of anilines is 3. The highest BCUT2D eigenvalue weighted by atomic mass is 32.2. The minimum absolute atomic E-state index is 0.690. The van der Waals surface area contributed by atoms with E-state index in [-0.39, 0.29) is 0 Å². The number of ether oxygens (including phenoxy) is 4.